The number of pyridine rings is 1. The molecule has 0 spiro atoms. The van der Waals surface area contributed by atoms with Crippen molar-refractivity contribution in [3.63, 3.8) is 0 Å². The zero-order valence-corrected chi connectivity index (χ0v) is 11.6. The van der Waals surface area contributed by atoms with Gasteiger partial charge in [-0.1, -0.05) is 12.1 Å². The lowest BCUT2D eigenvalue weighted by molar-refractivity contribution is 0.687. The average Bonchev–Trinajstić information content (AvgIpc) is 2.48. The van der Waals surface area contributed by atoms with Crippen molar-refractivity contribution in [2.45, 2.75) is 32.6 Å². The molecule has 0 atom stereocenters. The van der Waals surface area contributed by atoms with Crippen LogP contribution in [0.3, 0.4) is 0 Å². The Morgan fingerprint density at radius 2 is 2.05 bits per heavy atom. The first kappa shape index (κ1) is 12.7. The number of nitrogens with one attached hydrogen (secondary N) is 1. The predicted octanol–water partition coefficient (Wildman–Crippen LogP) is 3.88. The summed E-state index contributed by atoms with van der Waals surface area (Å²) in [5.74, 6) is 0.659. The smallest absolute Gasteiger partial charge is 0.148 e. The lowest BCUT2D eigenvalue weighted by atomic mass is 9.90. The number of benzene rings is 1. The Bertz CT molecular complexity index is 683. The highest BCUT2D eigenvalue weighted by Crippen LogP contribution is 2.30. The van der Waals surface area contributed by atoms with Gasteiger partial charge in [0.15, 0.2) is 0 Å². The minimum atomic E-state index is 0.626. The van der Waals surface area contributed by atoms with Crippen LogP contribution in [0.2, 0.25) is 0 Å². The maximum absolute atomic E-state index is 9.29. The molecule has 0 amide bonds. The fourth-order valence-corrected chi connectivity index (χ4v) is 2.82. The Morgan fingerprint density at radius 3 is 2.90 bits per heavy atom. The van der Waals surface area contributed by atoms with Crippen LogP contribution in [0.25, 0.3) is 0 Å². The first-order valence-corrected chi connectivity index (χ1v) is 7.03. The summed E-state index contributed by atoms with van der Waals surface area (Å²) in [6.45, 7) is 1.94. The number of nitriles is 1. The molecule has 0 unspecified atom stereocenters. The summed E-state index contributed by atoms with van der Waals surface area (Å²) >= 11 is 0. The summed E-state index contributed by atoms with van der Waals surface area (Å²) in [5.41, 5.74) is 5.48. The molecule has 20 heavy (non-hydrogen) atoms. The molecule has 1 aromatic carbocycles. The Morgan fingerprint density at radius 1 is 1.20 bits per heavy atom. The zero-order valence-electron chi connectivity index (χ0n) is 11.6. The summed E-state index contributed by atoms with van der Waals surface area (Å²) in [4.78, 5) is 4.32. The van der Waals surface area contributed by atoms with E-state index in [1.165, 1.54) is 24.0 Å². The summed E-state index contributed by atoms with van der Waals surface area (Å²) in [5, 5.41) is 12.6. The number of aromatic nitrogens is 1. The summed E-state index contributed by atoms with van der Waals surface area (Å²) in [6, 6.07) is 10.5. The van der Waals surface area contributed by atoms with Gasteiger partial charge in [-0.3, -0.25) is 0 Å². The van der Waals surface area contributed by atoms with E-state index >= 15 is 0 Å². The van der Waals surface area contributed by atoms with E-state index in [0.717, 1.165) is 24.1 Å². The number of hydrogen-bond acceptors (Lipinski definition) is 3. The molecule has 1 aliphatic rings. The molecule has 0 fully saturated rings. The van der Waals surface area contributed by atoms with Gasteiger partial charge in [0.2, 0.25) is 0 Å². The van der Waals surface area contributed by atoms with Crippen LogP contribution in [0.5, 0.6) is 0 Å². The van der Waals surface area contributed by atoms with Gasteiger partial charge in [0.25, 0.3) is 0 Å². The SMILES string of the molecule is Cc1ccnc(Nc2cccc3c2CCCC3)c1C#N. The third kappa shape index (κ3) is 2.25. The molecule has 0 radical (unpaired) electrons. The lowest BCUT2D eigenvalue weighted by Crippen LogP contribution is -2.07. The van der Waals surface area contributed by atoms with Crippen LogP contribution in [0.4, 0.5) is 11.5 Å². The molecule has 0 aliphatic heterocycles. The molecule has 2 aromatic rings. The van der Waals surface area contributed by atoms with E-state index in [2.05, 4.69) is 34.6 Å². The molecule has 0 bridgehead atoms. The van der Waals surface area contributed by atoms with Crippen molar-refractivity contribution >= 4 is 11.5 Å². The summed E-state index contributed by atoms with van der Waals surface area (Å²) in [6.07, 6.45) is 6.50. The van der Waals surface area contributed by atoms with Crippen molar-refractivity contribution in [3.05, 3.63) is 52.7 Å². The molecule has 0 saturated carbocycles. The van der Waals surface area contributed by atoms with Crippen molar-refractivity contribution in [3.8, 4) is 6.07 Å². The summed E-state index contributed by atoms with van der Waals surface area (Å²) < 4.78 is 0. The largest absolute Gasteiger partial charge is 0.339 e. The first-order valence-electron chi connectivity index (χ1n) is 7.03. The second-order valence-electron chi connectivity index (χ2n) is 5.24. The molecule has 1 aliphatic carbocycles. The summed E-state index contributed by atoms with van der Waals surface area (Å²) in [7, 11) is 0. The highest BCUT2D eigenvalue weighted by atomic mass is 15.0. The van der Waals surface area contributed by atoms with Gasteiger partial charge >= 0.3 is 0 Å². The quantitative estimate of drug-likeness (QED) is 0.894. The van der Waals surface area contributed by atoms with Gasteiger partial charge in [-0.25, -0.2) is 4.98 Å². The molecular formula is C17H17N3. The molecular weight excluding hydrogens is 246 g/mol. The Kier molecular flexibility index (Phi) is 3.39. The minimum Gasteiger partial charge on any atom is -0.339 e. The third-order valence-corrected chi connectivity index (χ3v) is 3.92. The highest BCUT2D eigenvalue weighted by Gasteiger charge is 2.14. The third-order valence-electron chi connectivity index (χ3n) is 3.92. The number of aryl methyl sites for hydroxylation is 2. The fourth-order valence-electron chi connectivity index (χ4n) is 2.82. The fraction of sp³-hybridized carbons (Fsp3) is 0.294. The second-order valence-corrected chi connectivity index (χ2v) is 5.24. The van der Waals surface area contributed by atoms with Crippen molar-refractivity contribution in [1.82, 2.24) is 4.98 Å². The van der Waals surface area contributed by atoms with E-state index in [0.29, 0.717) is 11.4 Å². The molecule has 1 N–H and O–H groups in total. The maximum atomic E-state index is 9.29. The van der Waals surface area contributed by atoms with Gasteiger partial charge in [0.05, 0.1) is 5.56 Å². The Labute approximate surface area is 119 Å². The van der Waals surface area contributed by atoms with Crippen LogP contribution in [0, 0.1) is 18.3 Å². The van der Waals surface area contributed by atoms with E-state index < -0.39 is 0 Å². The molecule has 3 nitrogen and oxygen atoms in total. The Hall–Kier alpha value is -2.34. The molecule has 3 rings (SSSR count). The normalized spacial score (nSPS) is 13.4. The van der Waals surface area contributed by atoms with Crippen molar-refractivity contribution < 1.29 is 0 Å². The van der Waals surface area contributed by atoms with E-state index in [1.54, 1.807) is 6.20 Å². The lowest BCUT2D eigenvalue weighted by Gasteiger charge is -2.20. The van der Waals surface area contributed by atoms with Crippen LogP contribution < -0.4 is 5.32 Å². The number of rotatable bonds is 2. The van der Waals surface area contributed by atoms with E-state index in [-0.39, 0.29) is 0 Å². The van der Waals surface area contributed by atoms with Crippen LogP contribution in [-0.2, 0) is 12.8 Å². The van der Waals surface area contributed by atoms with Gasteiger partial charge in [-0.05, 0) is 61.4 Å². The number of fused-ring (bicyclic) bond motifs is 1. The monoisotopic (exact) mass is 263 g/mol. The van der Waals surface area contributed by atoms with E-state index in [4.69, 9.17) is 0 Å². The van der Waals surface area contributed by atoms with Gasteiger partial charge in [-0.2, -0.15) is 5.26 Å². The highest BCUT2D eigenvalue weighted by molar-refractivity contribution is 5.68. The van der Waals surface area contributed by atoms with Gasteiger partial charge in [0.1, 0.15) is 11.9 Å². The number of anilines is 2. The number of hydrogen-bond donors (Lipinski definition) is 1. The van der Waals surface area contributed by atoms with Gasteiger partial charge < -0.3 is 5.32 Å². The van der Waals surface area contributed by atoms with Crippen LogP contribution in [0.15, 0.2) is 30.5 Å². The first-order chi connectivity index (χ1) is 9.79. The molecule has 1 aromatic heterocycles. The van der Waals surface area contributed by atoms with Gasteiger partial charge in [-0.15, -0.1) is 0 Å². The molecule has 100 valence electrons. The van der Waals surface area contributed by atoms with Crippen molar-refractivity contribution in [2.75, 3.05) is 5.32 Å². The van der Waals surface area contributed by atoms with Crippen LogP contribution in [0.1, 0.15) is 35.1 Å². The second kappa shape index (κ2) is 5.34. The standard InChI is InChI=1S/C17H17N3/c1-12-9-10-19-17(15(12)11-18)20-16-8-4-6-13-5-2-3-7-14(13)16/h4,6,8-10H,2-3,5,7H2,1H3,(H,19,20). The zero-order chi connectivity index (χ0) is 13.9. The molecule has 0 saturated heterocycles. The van der Waals surface area contributed by atoms with Crippen LogP contribution in [-0.4, -0.2) is 4.98 Å². The van der Waals surface area contributed by atoms with Crippen molar-refractivity contribution in [2.24, 2.45) is 0 Å². The van der Waals surface area contributed by atoms with Crippen LogP contribution >= 0.6 is 0 Å². The topological polar surface area (TPSA) is 48.7 Å². The maximum Gasteiger partial charge on any atom is 0.148 e. The molecule has 3 heteroatoms. The van der Waals surface area contributed by atoms with E-state index in [1.807, 2.05) is 13.0 Å². The average molecular weight is 263 g/mol. The minimum absolute atomic E-state index is 0.626. The predicted molar refractivity (Wildman–Crippen MR) is 80.1 cm³/mol. The van der Waals surface area contributed by atoms with Gasteiger partial charge in [0, 0.05) is 11.9 Å². The molecule has 1 heterocycles. The Balaban J connectivity index is 2.01. The number of nitrogens with zero attached hydrogens (tertiary/aromatic N) is 2. The van der Waals surface area contributed by atoms with Crippen molar-refractivity contribution in [1.29, 1.82) is 5.26 Å². The van der Waals surface area contributed by atoms with E-state index in [9.17, 15) is 5.26 Å².